The smallest absolute Gasteiger partial charge is 0.173 e. The summed E-state index contributed by atoms with van der Waals surface area (Å²) in [6.45, 7) is 2.27. The van der Waals surface area contributed by atoms with Crippen LogP contribution >= 0.6 is 0 Å². The third-order valence-electron chi connectivity index (χ3n) is 3.54. The number of rotatable bonds is 1. The van der Waals surface area contributed by atoms with Crippen LogP contribution in [0, 0.1) is 17.2 Å². The lowest BCUT2D eigenvalue weighted by molar-refractivity contribution is 0.533. The average Bonchev–Trinajstić information content (AvgIpc) is 2.86. The van der Waals surface area contributed by atoms with Crippen LogP contribution in [0.3, 0.4) is 0 Å². The predicted molar refractivity (Wildman–Crippen MR) is 68.7 cm³/mol. The summed E-state index contributed by atoms with van der Waals surface area (Å²) in [4.78, 5) is 4.10. The molecule has 0 radical (unpaired) electrons. The average molecular weight is 238 g/mol. The molecule has 2 aromatic heterocycles. The van der Waals surface area contributed by atoms with Crippen molar-refractivity contribution in [3.63, 3.8) is 0 Å². The Labute approximate surface area is 106 Å². The van der Waals surface area contributed by atoms with Gasteiger partial charge in [-0.05, 0) is 42.4 Å². The van der Waals surface area contributed by atoms with Gasteiger partial charge in [-0.2, -0.15) is 10.4 Å². The van der Waals surface area contributed by atoms with Crippen molar-refractivity contribution in [3.05, 3.63) is 35.8 Å². The van der Waals surface area contributed by atoms with Crippen LogP contribution in [0.5, 0.6) is 0 Å². The molecule has 1 aliphatic rings. The van der Waals surface area contributed by atoms with E-state index in [2.05, 4.69) is 29.2 Å². The van der Waals surface area contributed by atoms with E-state index in [-0.39, 0.29) is 0 Å². The van der Waals surface area contributed by atoms with E-state index in [1.807, 2.05) is 12.3 Å². The summed E-state index contributed by atoms with van der Waals surface area (Å²) < 4.78 is 1.69. The van der Waals surface area contributed by atoms with E-state index in [4.69, 9.17) is 5.26 Å². The Bertz CT molecular complexity index is 660. The molecule has 0 bridgehead atoms. The molecule has 1 atom stereocenters. The Morgan fingerprint density at radius 3 is 3.11 bits per heavy atom. The molecule has 0 N–H and O–H groups in total. The molecule has 0 amide bonds. The van der Waals surface area contributed by atoms with E-state index >= 15 is 0 Å². The van der Waals surface area contributed by atoms with Gasteiger partial charge in [0.15, 0.2) is 5.65 Å². The second kappa shape index (κ2) is 4.26. The number of nitrogens with zero attached hydrogens (tertiary/aromatic N) is 4. The third kappa shape index (κ3) is 1.78. The Balaban J connectivity index is 2.10. The van der Waals surface area contributed by atoms with Gasteiger partial charge in [0, 0.05) is 6.20 Å². The lowest BCUT2D eigenvalue weighted by atomic mass is 9.88. The number of aromatic nitrogens is 3. The van der Waals surface area contributed by atoms with Gasteiger partial charge in [0.2, 0.25) is 0 Å². The van der Waals surface area contributed by atoms with Gasteiger partial charge in [-0.3, -0.25) is 0 Å². The van der Waals surface area contributed by atoms with Gasteiger partial charge in [-0.1, -0.05) is 13.0 Å². The highest BCUT2D eigenvalue weighted by Gasteiger charge is 2.14. The fourth-order valence-corrected chi connectivity index (χ4v) is 2.41. The quantitative estimate of drug-likeness (QED) is 0.767. The van der Waals surface area contributed by atoms with E-state index in [1.54, 1.807) is 4.52 Å². The molecule has 18 heavy (non-hydrogen) atoms. The Morgan fingerprint density at radius 1 is 1.50 bits per heavy atom. The molecule has 3 rings (SSSR count). The Hall–Kier alpha value is -2.15. The molecule has 0 saturated carbocycles. The number of hydrogen-bond acceptors (Lipinski definition) is 3. The van der Waals surface area contributed by atoms with Gasteiger partial charge >= 0.3 is 0 Å². The number of allylic oxidation sites excluding steroid dienone is 2. The highest BCUT2D eigenvalue weighted by molar-refractivity contribution is 5.69. The lowest BCUT2D eigenvalue weighted by Gasteiger charge is -2.18. The molecule has 1 aliphatic carbocycles. The summed E-state index contributed by atoms with van der Waals surface area (Å²) in [6.07, 6.45) is 9.14. The molecular weight excluding hydrogens is 224 g/mol. The van der Waals surface area contributed by atoms with Gasteiger partial charge in [0.1, 0.15) is 12.4 Å². The Kier molecular flexibility index (Phi) is 2.60. The van der Waals surface area contributed by atoms with E-state index < -0.39 is 0 Å². The highest BCUT2D eigenvalue weighted by Crippen LogP contribution is 2.30. The van der Waals surface area contributed by atoms with Crippen LogP contribution < -0.4 is 0 Å². The molecule has 2 aromatic rings. The zero-order chi connectivity index (χ0) is 12.5. The monoisotopic (exact) mass is 238 g/mol. The van der Waals surface area contributed by atoms with Crippen molar-refractivity contribution in [1.82, 2.24) is 14.6 Å². The first-order chi connectivity index (χ1) is 8.78. The summed E-state index contributed by atoms with van der Waals surface area (Å²) in [5.74, 6) is 0.763. The number of hydrogen-bond donors (Lipinski definition) is 0. The fourth-order valence-electron chi connectivity index (χ4n) is 2.41. The first-order valence-corrected chi connectivity index (χ1v) is 6.21. The van der Waals surface area contributed by atoms with E-state index in [1.165, 1.54) is 18.3 Å². The highest BCUT2D eigenvalue weighted by atomic mass is 15.3. The van der Waals surface area contributed by atoms with Gasteiger partial charge in [-0.15, -0.1) is 0 Å². The van der Waals surface area contributed by atoms with Crippen LogP contribution in [0.4, 0.5) is 0 Å². The lowest BCUT2D eigenvalue weighted by Crippen LogP contribution is -2.02. The summed E-state index contributed by atoms with van der Waals surface area (Å²) >= 11 is 0. The molecule has 0 fully saturated rings. The maximum absolute atomic E-state index is 9.17. The van der Waals surface area contributed by atoms with Crippen LogP contribution in [0.15, 0.2) is 24.7 Å². The van der Waals surface area contributed by atoms with Crippen LogP contribution in [0.2, 0.25) is 0 Å². The van der Waals surface area contributed by atoms with Gasteiger partial charge in [-0.25, -0.2) is 9.50 Å². The van der Waals surface area contributed by atoms with Gasteiger partial charge < -0.3 is 0 Å². The number of pyridine rings is 1. The zero-order valence-electron chi connectivity index (χ0n) is 10.3. The molecule has 2 heterocycles. The Morgan fingerprint density at radius 2 is 2.39 bits per heavy atom. The first kappa shape index (κ1) is 11.0. The largest absolute Gasteiger partial charge is 0.219 e. The molecule has 0 spiro atoms. The van der Waals surface area contributed by atoms with Crippen LogP contribution in [0.1, 0.15) is 37.3 Å². The summed E-state index contributed by atoms with van der Waals surface area (Å²) in [6, 6.07) is 4.12. The predicted octanol–water partition coefficient (Wildman–Crippen LogP) is 2.80. The van der Waals surface area contributed by atoms with Crippen LogP contribution in [0.25, 0.3) is 11.2 Å². The minimum Gasteiger partial charge on any atom is -0.219 e. The zero-order valence-corrected chi connectivity index (χ0v) is 10.3. The van der Waals surface area contributed by atoms with E-state index in [0.29, 0.717) is 11.2 Å². The van der Waals surface area contributed by atoms with Crippen molar-refractivity contribution in [1.29, 1.82) is 5.26 Å². The van der Waals surface area contributed by atoms with Crippen molar-refractivity contribution in [3.8, 4) is 6.07 Å². The molecule has 0 saturated heterocycles. The number of nitriles is 1. The van der Waals surface area contributed by atoms with Crippen molar-refractivity contribution >= 4 is 11.2 Å². The van der Waals surface area contributed by atoms with Crippen molar-refractivity contribution in [2.75, 3.05) is 0 Å². The summed E-state index contributed by atoms with van der Waals surface area (Å²) in [5.41, 5.74) is 3.63. The molecule has 90 valence electrons. The van der Waals surface area contributed by atoms with Crippen molar-refractivity contribution < 1.29 is 0 Å². The number of fused-ring (bicyclic) bond motifs is 1. The molecule has 0 aliphatic heterocycles. The second-order valence-corrected chi connectivity index (χ2v) is 4.89. The van der Waals surface area contributed by atoms with Crippen LogP contribution in [-0.2, 0) is 0 Å². The van der Waals surface area contributed by atoms with E-state index in [9.17, 15) is 0 Å². The van der Waals surface area contributed by atoms with Crippen molar-refractivity contribution in [2.45, 2.75) is 26.2 Å². The summed E-state index contributed by atoms with van der Waals surface area (Å²) in [7, 11) is 0. The van der Waals surface area contributed by atoms with Gasteiger partial charge in [0.05, 0.1) is 5.56 Å². The SMILES string of the molecule is CC1CC=C(c2cc(C#N)c3ncnn3c2)CC1. The fraction of sp³-hybridized carbons (Fsp3) is 0.357. The topological polar surface area (TPSA) is 54.0 Å². The maximum Gasteiger partial charge on any atom is 0.173 e. The van der Waals surface area contributed by atoms with Gasteiger partial charge in [0.25, 0.3) is 0 Å². The van der Waals surface area contributed by atoms with E-state index in [0.717, 1.165) is 24.3 Å². The molecular formula is C14H14N4. The minimum absolute atomic E-state index is 0.588. The third-order valence-corrected chi connectivity index (χ3v) is 3.54. The standard InChI is InChI=1S/C14H14N4/c1-10-2-4-11(5-3-10)13-6-12(7-15)14-16-9-17-18(14)8-13/h4,6,8-10H,2-3,5H2,1H3. The maximum atomic E-state index is 9.17. The second-order valence-electron chi connectivity index (χ2n) is 4.89. The normalized spacial score (nSPS) is 19.6. The van der Waals surface area contributed by atoms with Crippen LogP contribution in [-0.4, -0.2) is 14.6 Å². The minimum atomic E-state index is 0.588. The molecule has 4 nitrogen and oxygen atoms in total. The van der Waals surface area contributed by atoms with Crippen molar-refractivity contribution in [2.24, 2.45) is 5.92 Å². The summed E-state index contributed by atoms with van der Waals surface area (Å²) in [5, 5.41) is 13.3. The first-order valence-electron chi connectivity index (χ1n) is 6.21. The molecule has 0 aromatic carbocycles. The molecule has 4 heteroatoms. The molecule has 1 unspecified atom stereocenters.